The van der Waals surface area contributed by atoms with Crippen LogP contribution in [0.1, 0.15) is 26.7 Å². The smallest absolute Gasteiger partial charge is 0.260 e. The Morgan fingerprint density at radius 2 is 1.85 bits per heavy atom. The third-order valence-corrected chi connectivity index (χ3v) is 3.73. The van der Waals surface area contributed by atoms with Crippen LogP contribution in [0, 0.1) is 0 Å². The predicted molar refractivity (Wildman–Crippen MR) is 86.8 cm³/mol. The molecule has 6 heteroatoms. The van der Waals surface area contributed by atoms with Gasteiger partial charge in [0.05, 0.1) is 9.50 Å². The second kappa shape index (κ2) is 8.75. The number of hydrogen-bond acceptors (Lipinski definition) is 2. The van der Waals surface area contributed by atoms with Crippen LogP contribution in [0.2, 0.25) is 10.0 Å². The molecule has 112 valence electrons. The minimum Gasteiger partial charge on any atom is -0.481 e. The molecule has 0 radical (unpaired) electrons. The van der Waals surface area contributed by atoms with E-state index < -0.39 is 0 Å². The van der Waals surface area contributed by atoms with Crippen molar-refractivity contribution in [1.82, 2.24) is 4.90 Å². The van der Waals surface area contributed by atoms with Gasteiger partial charge in [-0.3, -0.25) is 4.79 Å². The fourth-order valence-electron chi connectivity index (χ4n) is 1.79. The Morgan fingerprint density at radius 1 is 1.25 bits per heavy atom. The average molecular weight is 383 g/mol. The van der Waals surface area contributed by atoms with Gasteiger partial charge in [-0.05, 0) is 40.9 Å². The van der Waals surface area contributed by atoms with Gasteiger partial charge in [0.1, 0.15) is 0 Å². The van der Waals surface area contributed by atoms with E-state index in [1.807, 2.05) is 13.8 Å². The maximum atomic E-state index is 12.1. The number of halogens is 3. The lowest BCUT2D eigenvalue weighted by Crippen LogP contribution is -2.36. The van der Waals surface area contributed by atoms with Crippen LogP contribution in [0.5, 0.6) is 5.75 Å². The Hall–Kier alpha value is -0.450. The van der Waals surface area contributed by atoms with Crippen LogP contribution in [-0.2, 0) is 4.79 Å². The van der Waals surface area contributed by atoms with E-state index in [0.717, 1.165) is 25.9 Å². The SMILES string of the molecule is CCCN(CCC)C(=O)COc1c(Cl)cc(Cl)cc1Br. The molecule has 1 amide bonds. The molecule has 0 saturated carbocycles. The highest BCUT2D eigenvalue weighted by molar-refractivity contribution is 9.10. The van der Waals surface area contributed by atoms with E-state index in [-0.39, 0.29) is 12.5 Å². The number of rotatable bonds is 7. The first kappa shape index (κ1) is 17.6. The Labute approximate surface area is 138 Å². The van der Waals surface area contributed by atoms with Gasteiger partial charge >= 0.3 is 0 Å². The minimum atomic E-state index is -0.0355. The molecule has 0 bridgehead atoms. The van der Waals surface area contributed by atoms with Gasteiger partial charge in [-0.1, -0.05) is 37.0 Å². The van der Waals surface area contributed by atoms with E-state index in [0.29, 0.717) is 20.3 Å². The fourth-order valence-corrected chi connectivity index (χ4v) is 3.16. The van der Waals surface area contributed by atoms with Gasteiger partial charge in [-0.2, -0.15) is 0 Å². The number of benzene rings is 1. The third kappa shape index (κ3) is 5.15. The van der Waals surface area contributed by atoms with Crippen molar-refractivity contribution in [3.8, 4) is 5.75 Å². The Bertz CT molecular complexity index is 439. The molecule has 20 heavy (non-hydrogen) atoms. The maximum absolute atomic E-state index is 12.1. The number of ether oxygens (including phenoxy) is 1. The minimum absolute atomic E-state index is 0.0278. The summed E-state index contributed by atoms with van der Waals surface area (Å²) in [6.07, 6.45) is 1.86. The summed E-state index contributed by atoms with van der Waals surface area (Å²) in [5.74, 6) is 0.406. The first-order chi connectivity index (χ1) is 9.49. The molecule has 0 N–H and O–H groups in total. The van der Waals surface area contributed by atoms with Gasteiger partial charge in [-0.15, -0.1) is 0 Å². The number of nitrogens with zero attached hydrogens (tertiary/aromatic N) is 1. The quantitative estimate of drug-likeness (QED) is 0.678. The number of carbonyl (C=O) groups excluding carboxylic acids is 1. The third-order valence-electron chi connectivity index (χ3n) is 2.64. The molecule has 0 saturated heterocycles. The number of hydrogen-bond donors (Lipinski definition) is 0. The van der Waals surface area contributed by atoms with E-state index in [2.05, 4.69) is 15.9 Å². The van der Waals surface area contributed by atoms with Crippen LogP contribution >= 0.6 is 39.1 Å². The molecule has 0 unspecified atom stereocenters. The standard InChI is InChI=1S/C14H18BrCl2NO2/c1-3-5-18(6-4-2)13(19)9-20-14-11(15)7-10(16)8-12(14)17/h7-8H,3-6,9H2,1-2H3. The summed E-state index contributed by atoms with van der Waals surface area (Å²) >= 11 is 15.3. The summed E-state index contributed by atoms with van der Waals surface area (Å²) in [7, 11) is 0. The molecular formula is C14H18BrCl2NO2. The summed E-state index contributed by atoms with van der Waals surface area (Å²) < 4.78 is 6.17. The molecule has 0 fully saturated rings. The topological polar surface area (TPSA) is 29.5 Å². The van der Waals surface area contributed by atoms with Crippen molar-refractivity contribution >= 4 is 45.0 Å². The van der Waals surface area contributed by atoms with Crippen LogP contribution in [0.25, 0.3) is 0 Å². The highest BCUT2D eigenvalue weighted by Crippen LogP contribution is 2.36. The Morgan fingerprint density at radius 3 is 2.35 bits per heavy atom. The number of amides is 1. The molecule has 0 heterocycles. The molecule has 0 atom stereocenters. The summed E-state index contributed by atoms with van der Waals surface area (Å²) in [5.41, 5.74) is 0. The van der Waals surface area contributed by atoms with E-state index in [9.17, 15) is 4.79 Å². The molecule has 0 aliphatic heterocycles. The predicted octanol–water partition coefficient (Wildman–Crippen LogP) is 4.78. The van der Waals surface area contributed by atoms with E-state index >= 15 is 0 Å². The van der Waals surface area contributed by atoms with Crippen LogP contribution < -0.4 is 4.74 Å². The zero-order valence-corrected chi connectivity index (χ0v) is 14.7. The summed E-state index contributed by atoms with van der Waals surface area (Å²) in [6.45, 7) is 5.55. The van der Waals surface area contributed by atoms with Crippen molar-refractivity contribution < 1.29 is 9.53 Å². The van der Waals surface area contributed by atoms with Crippen molar-refractivity contribution in [2.45, 2.75) is 26.7 Å². The highest BCUT2D eigenvalue weighted by Gasteiger charge is 2.15. The van der Waals surface area contributed by atoms with Crippen molar-refractivity contribution in [1.29, 1.82) is 0 Å². The van der Waals surface area contributed by atoms with Gasteiger partial charge in [0.15, 0.2) is 12.4 Å². The van der Waals surface area contributed by atoms with Crippen LogP contribution in [0.4, 0.5) is 0 Å². The summed E-state index contributed by atoms with van der Waals surface area (Å²) in [5, 5.41) is 0.897. The molecule has 0 aliphatic carbocycles. The Kier molecular flexibility index (Phi) is 7.70. The number of carbonyl (C=O) groups is 1. The highest BCUT2D eigenvalue weighted by atomic mass is 79.9. The lowest BCUT2D eigenvalue weighted by Gasteiger charge is -2.21. The molecule has 3 nitrogen and oxygen atoms in total. The fraction of sp³-hybridized carbons (Fsp3) is 0.500. The van der Waals surface area contributed by atoms with Crippen LogP contribution in [-0.4, -0.2) is 30.5 Å². The second-order valence-electron chi connectivity index (χ2n) is 4.37. The summed E-state index contributed by atoms with van der Waals surface area (Å²) in [6, 6.07) is 3.27. The monoisotopic (exact) mass is 381 g/mol. The maximum Gasteiger partial charge on any atom is 0.260 e. The lowest BCUT2D eigenvalue weighted by molar-refractivity contribution is -0.133. The molecule has 0 aliphatic rings. The van der Waals surface area contributed by atoms with Gasteiger partial charge < -0.3 is 9.64 Å². The molecule has 1 aromatic rings. The van der Waals surface area contributed by atoms with Gasteiger partial charge in [0.2, 0.25) is 0 Å². The molecule has 1 rings (SSSR count). The Balaban J connectivity index is 2.68. The van der Waals surface area contributed by atoms with E-state index in [1.165, 1.54) is 0 Å². The lowest BCUT2D eigenvalue weighted by atomic mass is 10.3. The van der Waals surface area contributed by atoms with Crippen molar-refractivity contribution in [2.24, 2.45) is 0 Å². The van der Waals surface area contributed by atoms with E-state index in [1.54, 1.807) is 17.0 Å². The zero-order chi connectivity index (χ0) is 15.1. The first-order valence-electron chi connectivity index (χ1n) is 6.54. The molecule has 0 aromatic heterocycles. The van der Waals surface area contributed by atoms with Gasteiger partial charge in [-0.25, -0.2) is 0 Å². The van der Waals surface area contributed by atoms with Crippen molar-refractivity contribution in [3.05, 3.63) is 26.7 Å². The molecule has 1 aromatic carbocycles. The second-order valence-corrected chi connectivity index (χ2v) is 6.07. The zero-order valence-electron chi connectivity index (χ0n) is 11.6. The molecule has 0 spiro atoms. The molecular weight excluding hydrogens is 365 g/mol. The summed E-state index contributed by atoms with van der Waals surface area (Å²) in [4.78, 5) is 13.9. The first-order valence-corrected chi connectivity index (χ1v) is 8.09. The normalized spacial score (nSPS) is 10.4. The van der Waals surface area contributed by atoms with E-state index in [4.69, 9.17) is 27.9 Å². The van der Waals surface area contributed by atoms with Crippen molar-refractivity contribution in [3.63, 3.8) is 0 Å². The van der Waals surface area contributed by atoms with Crippen LogP contribution in [0.3, 0.4) is 0 Å². The largest absolute Gasteiger partial charge is 0.481 e. The van der Waals surface area contributed by atoms with Crippen molar-refractivity contribution in [2.75, 3.05) is 19.7 Å². The van der Waals surface area contributed by atoms with Gasteiger partial charge in [0, 0.05) is 18.1 Å². The van der Waals surface area contributed by atoms with Gasteiger partial charge in [0.25, 0.3) is 5.91 Å². The van der Waals surface area contributed by atoms with Crippen LogP contribution in [0.15, 0.2) is 16.6 Å². The average Bonchev–Trinajstić information content (AvgIpc) is 2.37.